The van der Waals surface area contributed by atoms with Crippen molar-refractivity contribution in [2.24, 2.45) is 0 Å². The molecular formula is C24H25NO7. The van der Waals surface area contributed by atoms with Crippen molar-refractivity contribution in [2.45, 2.75) is 31.8 Å². The lowest BCUT2D eigenvalue weighted by molar-refractivity contribution is -0.122. The second-order valence-electron chi connectivity index (χ2n) is 7.64. The highest BCUT2D eigenvalue weighted by Gasteiger charge is 2.20. The third-order valence-electron chi connectivity index (χ3n) is 5.48. The van der Waals surface area contributed by atoms with Gasteiger partial charge in [-0.2, -0.15) is 0 Å². The van der Waals surface area contributed by atoms with Gasteiger partial charge in [0, 0.05) is 30.8 Å². The average molecular weight is 439 g/mol. The van der Waals surface area contributed by atoms with Gasteiger partial charge in [-0.3, -0.25) is 9.59 Å². The van der Waals surface area contributed by atoms with Crippen LogP contribution in [0.3, 0.4) is 0 Å². The average Bonchev–Trinajstić information content (AvgIpc) is 3.30. The first-order valence-electron chi connectivity index (χ1n) is 10.5. The van der Waals surface area contributed by atoms with Crippen LogP contribution in [0, 0.1) is 0 Å². The SMILES string of the molecule is CNC(=O)COc1cc(O)c2c(=O)cc(-c3ccc(OC)c(OC4CCCC4)c3)oc2c1. The molecule has 8 nitrogen and oxygen atoms in total. The van der Waals surface area contributed by atoms with Gasteiger partial charge in [0.1, 0.15) is 28.2 Å². The molecule has 0 unspecified atom stereocenters. The topological polar surface area (TPSA) is 107 Å². The van der Waals surface area contributed by atoms with Gasteiger partial charge in [-0.1, -0.05) is 0 Å². The van der Waals surface area contributed by atoms with Crippen LogP contribution in [0.1, 0.15) is 25.7 Å². The van der Waals surface area contributed by atoms with Gasteiger partial charge in [0.2, 0.25) is 0 Å². The van der Waals surface area contributed by atoms with Gasteiger partial charge in [0.15, 0.2) is 23.5 Å². The predicted molar refractivity (Wildman–Crippen MR) is 119 cm³/mol. The highest BCUT2D eigenvalue weighted by Crippen LogP contribution is 2.37. The molecule has 2 aromatic carbocycles. The number of aromatic hydroxyl groups is 1. The van der Waals surface area contributed by atoms with E-state index < -0.39 is 5.43 Å². The number of benzene rings is 2. The minimum atomic E-state index is -0.398. The van der Waals surface area contributed by atoms with Gasteiger partial charge in [0.05, 0.1) is 13.2 Å². The number of nitrogens with one attached hydrogen (secondary N) is 1. The maximum atomic E-state index is 12.7. The molecule has 1 aliphatic rings. The van der Waals surface area contributed by atoms with Crippen molar-refractivity contribution in [3.8, 4) is 34.3 Å². The van der Waals surface area contributed by atoms with E-state index in [2.05, 4.69) is 5.32 Å². The summed E-state index contributed by atoms with van der Waals surface area (Å²) in [6, 6.07) is 9.41. The summed E-state index contributed by atoms with van der Waals surface area (Å²) in [6.07, 6.45) is 4.41. The van der Waals surface area contributed by atoms with Gasteiger partial charge >= 0.3 is 0 Å². The van der Waals surface area contributed by atoms with E-state index in [0.717, 1.165) is 25.7 Å². The summed E-state index contributed by atoms with van der Waals surface area (Å²) in [5, 5.41) is 12.8. The number of hydrogen-bond donors (Lipinski definition) is 2. The van der Waals surface area contributed by atoms with Crippen LogP contribution >= 0.6 is 0 Å². The Bertz CT molecular complexity index is 1190. The number of hydrogen-bond acceptors (Lipinski definition) is 7. The summed E-state index contributed by atoms with van der Waals surface area (Å²) in [4.78, 5) is 24.2. The molecule has 2 N–H and O–H groups in total. The second-order valence-corrected chi connectivity index (χ2v) is 7.64. The van der Waals surface area contributed by atoms with Gasteiger partial charge in [-0.05, 0) is 43.9 Å². The van der Waals surface area contributed by atoms with E-state index in [1.165, 1.54) is 25.2 Å². The lowest BCUT2D eigenvalue weighted by Gasteiger charge is -2.17. The van der Waals surface area contributed by atoms with Crippen molar-refractivity contribution in [2.75, 3.05) is 20.8 Å². The lowest BCUT2D eigenvalue weighted by atomic mass is 10.1. The van der Waals surface area contributed by atoms with Crippen LogP contribution in [0.25, 0.3) is 22.3 Å². The van der Waals surface area contributed by atoms with Gasteiger partial charge in [-0.15, -0.1) is 0 Å². The predicted octanol–water partition coefficient (Wildman–Crippen LogP) is 3.62. The van der Waals surface area contributed by atoms with Crippen LogP contribution in [0.2, 0.25) is 0 Å². The zero-order valence-corrected chi connectivity index (χ0v) is 18.0. The first-order valence-corrected chi connectivity index (χ1v) is 10.5. The van der Waals surface area contributed by atoms with Crippen LogP contribution in [-0.4, -0.2) is 37.9 Å². The van der Waals surface area contributed by atoms with E-state index in [1.54, 1.807) is 25.3 Å². The van der Waals surface area contributed by atoms with Crippen molar-refractivity contribution in [1.82, 2.24) is 5.32 Å². The zero-order valence-electron chi connectivity index (χ0n) is 18.0. The van der Waals surface area contributed by atoms with E-state index in [9.17, 15) is 14.7 Å². The van der Waals surface area contributed by atoms with Crippen LogP contribution < -0.4 is 25.0 Å². The Labute approximate surface area is 184 Å². The Balaban J connectivity index is 1.72. The fourth-order valence-electron chi connectivity index (χ4n) is 3.80. The molecule has 1 heterocycles. The number of phenolic OH excluding ortho intramolecular Hbond substituents is 1. The van der Waals surface area contributed by atoms with E-state index in [0.29, 0.717) is 22.8 Å². The van der Waals surface area contributed by atoms with E-state index in [1.807, 2.05) is 0 Å². The Morgan fingerprint density at radius 3 is 2.66 bits per heavy atom. The van der Waals surface area contributed by atoms with Gasteiger partial charge in [-0.25, -0.2) is 0 Å². The molecule has 1 aromatic heterocycles. The Kier molecular flexibility index (Phi) is 6.20. The summed E-state index contributed by atoms with van der Waals surface area (Å²) < 4.78 is 22.9. The standard InChI is InChI=1S/C24H25NO7/c1-25-23(28)13-30-16-10-17(26)24-18(27)12-20(32-22(24)11-16)14-7-8-19(29-2)21(9-14)31-15-5-3-4-6-15/h7-12,15,26H,3-6,13H2,1-2H3,(H,25,28). The molecule has 1 fully saturated rings. The normalized spacial score (nSPS) is 13.8. The smallest absolute Gasteiger partial charge is 0.257 e. The number of carbonyl (C=O) groups excluding carboxylic acids is 1. The van der Waals surface area contributed by atoms with Crippen LogP contribution in [0.5, 0.6) is 23.0 Å². The van der Waals surface area contributed by atoms with E-state index in [4.69, 9.17) is 18.6 Å². The fourth-order valence-corrected chi connectivity index (χ4v) is 3.80. The Morgan fingerprint density at radius 2 is 1.94 bits per heavy atom. The molecule has 1 aliphatic carbocycles. The molecule has 0 bridgehead atoms. The van der Waals surface area contributed by atoms with Crippen molar-refractivity contribution in [3.63, 3.8) is 0 Å². The van der Waals surface area contributed by atoms with E-state index >= 15 is 0 Å². The molecule has 1 saturated carbocycles. The first-order chi connectivity index (χ1) is 15.5. The van der Waals surface area contributed by atoms with E-state index in [-0.39, 0.29) is 41.1 Å². The molecule has 168 valence electrons. The van der Waals surface area contributed by atoms with Crippen molar-refractivity contribution in [3.05, 3.63) is 46.6 Å². The third-order valence-corrected chi connectivity index (χ3v) is 5.48. The number of methoxy groups -OCH3 is 1. The maximum absolute atomic E-state index is 12.7. The second kappa shape index (κ2) is 9.21. The number of carbonyl (C=O) groups is 1. The number of rotatable bonds is 7. The summed E-state index contributed by atoms with van der Waals surface area (Å²) in [6.45, 7) is -0.230. The van der Waals surface area contributed by atoms with Gasteiger partial charge < -0.3 is 29.1 Å². The lowest BCUT2D eigenvalue weighted by Crippen LogP contribution is -2.24. The third kappa shape index (κ3) is 4.49. The molecule has 4 rings (SSSR count). The Morgan fingerprint density at radius 1 is 1.16 bits per heavy atom. The molecule has 3 aromatic rings. The molecular weight excluding hydrogens is 414 g/mol. The summed E-state index contributed by atoms with van der Waals surface area (Å²) in [7, 11) is 3.07. The van der Waals surface area contributed by atoms with Crippen molar-refractivity contribution < 1.29 is 28.5 Å². The number of amides is 1. The molecule has 0 saturated heterocycles. The maximum Gasteiger partial charge on any atom is 0.257 e. The first kappa shape index (κ1) is 21.5. The zero-order chi connectivity index (χ0) is 22.7. The molecule has 0 radical (unpaired) electrons. The number of likely N-dealkylation sites (N-methyl/N-ethyl adjacent to an activating group) is 1. The van der Waals surface area contributed by atoms with Crippen molar-refractivity contribution >= 4 is 16.9 Å². The summed E-state index contributed by atoms with van der Waals surface area (Å²) >= 11 is 0. The highest BCUT2D eigenvalue weighted by atomic mass is 16.5. The van der Waals surface area contributed by atoms with Crippen LogP contribution in [-0.2, 0) is 4.79 Å². The Hall–Kier alpha value is -3.68. The van der Waals surface area contributed by atoms with Crippen LogP contribution in [0.15, 0.2) is 45.6 Å². The molecule has 0 aliphatic heterocycles. The minimum absolute atomic E-state index is 0.0389. The molecule has 1 amide bonds. The quantitative estimate of drug-likeness (QED) is 0.579. The molecule has 8 heteroatoms. The van der Waals surface area contributed by atoms with Crippen molar-refractivity contribution in [1.29, 1.82) is 0 Å². The fraction of sp³-hybridized carbons (Fsp3) is 0.333. The number of ether oxygens (including phenoxy) is 3. The highest BCUT2D eigenvalue weighted by molar-refractivity contribution is 5.86. The molecule has 0 atom stereocenters. The number of phenols is 1. The van der Waals surface area contributed by atoms with Gasteiger partial charge in [0.25, 0.3) is 5.91 Å². The molecule has 32 heavy (non-hydrogen) atoms. The summed E-state index contributed by atoms with van der Waals surface area (Å²) in [5.74, 6) is 1.10. The largest absolute Gasteiger partial charge is 0.507 e. The number of fused-ring (bicyclic) bond motifs is 1. The van der Waals surface area contributed by atoms with Crippen LogP contribution in [0.4, 0.5) is 0 Å². The molecule has 0 spiro atoms. The minimum Gasteiger partial charge on any atom is -0.507 e. The monoisotopic (exact) mass is 439 g/mol. The summed E-state index contributed by atoms with van der Waals surface area (Å²) in [5.41, 5.74) is 0.383.